The van der Waals surface area contributed by atoms with Crippen molar-refractivity contribution in [1.29, 1.82) is 0 Å². The number of hydrogen-bond acceptors (Lipinski definition) is 2. The van der Waals surface area contributed by atoms with Crippen LogP contribution < -0.4 is 5.73 Å². The van der Waals surface area contributed by atoms with Gasteiger partial charge in [-0.3, -0.25) is 4.79 Å². The first-order valence-electron chi connectivity index (χ1n) is 7.73. The Morgan fingerprint density at radius 3 is 2.28 bits per heavy atom. The molecule has 2 N–H and O–H groups in total. The number of amides is 1. The van der Waals surface area contributed by atoms with Gasteiger partial charge in [-0.1, -0.05) is 26.2 Å². The van der Waals surface area contributed by atoms with Crippen LogP contribution in [-0.4, -0.2) is 29.9 Å². The first kappa shape index (κ1) is 13.9. The summed E-state index contributed by atoms with van der Waals surface area (Å²) in [4.78, 5) is 14.7. The zero-order valence-electron chi connectivity index (χ0n) is 11.7. The third-order valence-electron chi connectivity index (χ3n) is 4.78. The van der Waals surface area contributed by atoms with E-state index in [0.717, 1.165) is 32.4 Å². The van der Waals surface area contributed by atoms with Crippen LogP contribution in [0.4, 0.5) is 0 Å². The number of nitrogens with zero attached hydrogens (tertiary/aromatic N) is 1. The van der Waals surface area contributed by atoms with Crippen LogP contribution in [0, 0.1) is 11.8 Å². The van der Waals surface area contributed by atoms with Crippen LogP contribution in [0.5, 0.6) is 0 Å². The van der Waals surface area contributed by atoms with E-state index in [0.29, 0.717) is 11.8 Å². The van der Waals surface area contributed by atoms with Crippen molar-refractivity contribution >= 4 is 5.91 Å². The Kier molecular flexibility index (Phi) is 5.04. The van der Waals surface area contributed by atoms with Crippen LogP contribution >= 0.6 is 0 Å². The van der Waals surface area contributed by atoms with Crippen molar-refractivity contribution in [1.82, 2.24) is 4.90 Å². The van der Waals surface area contributed by atoms with Crippen LogP contribution in [0.15, 0.2) is 0 Å². The van der Waals surface area contributed by atoms with Gasteiger partial charge in [-0.2, -0.15) is 0 Å². The van der Waals surface area contributed by atoms with Crippen molar-refractivity contribution in [3.8, 4) is 0 Å². The van der Waals surface area contributed by atoms with Crippen LogP contribution in [-0.2, 0) is 4.79 Å². The van der Waals surface area contributed by atoms with E-state index in [1.807, 2.05) is 0 Å². The molecule has 0 bridgehead atoms. The van der Waals surface area contributed by atoms with Crippen LogP contribution in [0.25, 0.3) is 0 Å². The SMILES string of the molecule is CC1CCC(C(=O)N2CCCCCCC2)CC1N. The predicted octanol–water partition coefficient (Wildman–Crippen LogP) is 2.54. The standard InChI is InChI=1S/C15H28N2O/c1-12-7-8-13(11-14(12)16)15(18)17-9-5-3-2-4-6-10-17/h12-14H,2-11,16H2,1H3. The summed E-state index contributed by atoms with van der Waals surface area (Å²) in [6.07, 6.45) is 9.33. The molecule has 3 nitrogen and oxygen atoms in total. The minimum absolute atomic E-state index is 0.204. The zero-order chi connectivity index (χ0) is 13.0. The highest BCUT2D eigenvalue weighted by Crippen LogP contribution is 2.29. The topological polar surface area (TPSA) is 46.3 Å². The second kappa shape index (κ2) is 6.55. The maximum atomic E-state index is 12.5. The van der Waals surface area contributed by atoms with E-state index in [9.17, 15) is 4.79 Å². The summed E-state index contributed by atoms with van der Waals surface area (Å²) in [7, 11) is 0. The number of carbonyl (C=O) groups excluding carboxylic acids is 1. The van der Waals surface area contributed by atoms with Gasteiger partial charge in [0.1, 0.15) is 0 Å². The highest BCUT2D eigenvalue weighted by molar-refractivity contribution is 5.79. The molecular formula is C15H28N2O. The molecule has 0 aromatic rings. The Morgan fingerprint density at radius 2 is 1.67 bits per heavy atom. The van der Waals surface area contributed by atoms with E-state index >= 15 is 0 Å². The monoisotopic (exact) mass is 252 g/mol. The van der Waals surface area contributed by atoms with E-state index in [-0.39, 0.29) is 12.0 Å². The van der Waals surface area contributed by atoms with Crippen LogP contribution in [0.1, 0.15) is 58.3 Å². The van der Waals surface area contributed by atoms with Gasteiger partial charge in [0.2, 0.25) is 5.91 Å². The summed E-state index contributed by atoms with van der Waals surface area (Å²) < 4.78 is 0. The second-order valence-corrected chi connectivity index (χ2v) is 6.24. The number of likely N-dealkylation sites (tertiary alicyclic amines) is 1. The van der Waals surface area contributed by atoms with E-state index in [1.54, 1.807) is 0 Å². The van der Waals surface area contributed by atoms with Crippen molar-refractivity contribution in [2.75, 3.05) is 13.1 Å². The molecule has 0 spiro atoms. The highest BCUT2D eigenvalue weighted by Gasteiger charge is 2.31. The summed E-state index contributed by atoms with van der Waals surface area (Å²) in [5.41, 5.74) is 6.12. The minimum Gasteiger partial charge on any atom is -0.342 e. The summed E-state index contributed by atoms with van der Waals surface area (Å²) in [6, 6.07) is 0.224. The van der Waals surface area contributed by atoms with E-state index < -0.39 is 0 Å². The molecule has 1 saturated carbocycles. The Hall–Kier alpha value is -0.570. The van der Waals surface area contributed by atoms with Gasteiger partial charge >= 0.3 is 0 Å². The molecule has 3 unspecified atom stereocenters. The minimum atomic E-state index is 0.204. The van der Waals surface area contributed by atoms with Crippen molar-refractivity contribution in [2.45, 2.75) is 64.3 Å². The second-order valence-electron chi connectivity index (χ2n) is 6.24. The maximum absolute atomic E-state index is 12.5. The maximum Gasteiger partial charge on any atom is 0.225 e. The predicted molar refractivity (Wildman–Crippen MR) is 74.1 cm³/mol. The molecule has 1 amide bonds. The Labute approximate surface area is 111 Å². The molecule has 1 saturated heterocycles. The molecule has 0 aromatic heterocycles. The molecule has 0 radical (unpaired) electrons. The van der Waals surface area contributed by atoms with Gasteiger partial charge < -0.3 is 10.6 Å². The summed E-state index contributed by atoms with van der Waals surface area (Å²) in [5.74, 6) is 1.18. The van der Waals surface area contributed by atoms with Crippen molar-refractivity contribution in [2.24, 2.45) is 17.6 Å². The summed E-state index contributed by atoms with van der Waals surface area (Å²) in [6.45, 7) is 4.15. The lowest BCUT2D eigenvalue weighted by Crippen LogP contribution is -2.44. The fourth-order valence-electron chi connectivity index (χ4n) is 3.31. The third kappa shape index (κ3) is 3.47. The lowest BCUT2D eigenvalue weighted by molar-refractivity contribution is -0.137. The van der Waals surface area contributed by atoms with Gasteiger partial charge in [0.15, 0.2) is 0 Å². The lowest BCUT2D eigenvalue weighted by atomic mass is 9.79. The van der Waals surface area contributed by atoms with E-state index in [4.69, 9.17) is 5.73 Å². The van der Waals surface area contributed by atoms with Gasteiger partial charge in [-0.15, -0.1) is 0 Å². The zero-order valence-corrected chi connectivity index (χ0v) is 11.7. The molecule has 2 rings (SSSR count). The van der Waals surface area contributed by atoms with Crippen molar-refractivity contribution < 1.29 is 4.79 Å². The van der Waals surface area contributed by atoms with E-state index in [1.165, 1.54) is 32.1 Å². The number of carbonyl (C=O) groups is 1. The first-order chi connectivity index (χ1) is 8.68. The van der Waals surface area contributed by atoms with Gasteiger partial charge in [-0.05, 0) is 38.0 Å². The van der Waals surface area contributed by atoms with Crippen molar-refractivity contribution in [3.05, 3.63) is 0 Å². The summed E-state index contributed by atoms with van der Waals surface area (Å²) in [5, 5.41) is 0. The molecule has 2 aliphatic rings. The molecule has 1 aliphatic heterocycles. The Bertz CT molecular complexity index is 265. The molecule has 18 heavy (non-hydrogen) atoms. The molecular weight excluding hydrogens is 224 g/mol. The molecule has 2 fully saturated rings. The first-order valence-corrected chi connectivity index (χ1v) is 7.73. The quantitative estimate of drug-likeness (QED) is 0.779. The normalized spacial score (nSPS) is 34.8. The van der Waals surface area contributed by atoms with Gasteiger partial charge in [0.05, 0.1) is 0 Å². The Morgan fingerprint density at radius 1 is 1.06 bits per heavy atom. The molecule has 104 valence electrons. The molecule has 3 atom stereocenters. The van der Waals surface area contributed by atoms with Gasteiger partial charge in [0.25, 0.3) is 0 Å². The molecule has 3 heteroatoms. The number of rotatable bonds is 1. The summed E-state index contributed by atoms with van der Waals surface area (Å²) >= 11 is 0. The van der Waals surface area contributed by atoms with Crippen LogP contribution in [0.3, 0.4) is 0 Å². The number of nitrogens with two attached hydrogens (primary N) is 1. The van der Waals surface area contributed by atoms with Gasteiger partial charge in [-0.25, -0.2) is 0 Å². The molecule has 1 heterocycles. The van der Waals surface area contributed by atoms with Gasteiger partial charge in [0, 0.05) is 25.0 Å². The third-order valence-corrected chi connectivity index (χ3v) is 4.78. The lowest BCUT2D eigenvalue weighted by Gasteiger charge is -2.35. The average Bonchev–Trinajstić information content (AvgIpc) is 2.31. The largest absolute Gasteiger partial charge is 0.342 e. The molecule has 0 aromatic carbocycles. The number of hydrogen-bond donors (Lipinski definition) is 1. The average molecular weight is 252 g/mol. The van der Waals surface area contributed by atoms with Crippen LogP contribution in [0.2, 0.25) is 0 Å². The Balaban J connectivity index is 1.88. The fourth-order valence-corrected chi connectivity index (χ4v) is 3.31. The smallest absolute Gasteiger partial charge is 0.225 e. The fraction of sp³-hybridized carbons (Fsp3) is 0.933. The van der Waals surface area contributed by atoms with E-state index in [2.05, 4.69) is 11.8 Å². The molecule has 1 aliphatic carbocycles. The van der Waals surface area contributed by atoms with Crippen molar-refractivity contribution in [3.63, 3.8) is 0 Å². The highest BCUT2D eigenvalue weighted by atomic mass is 16.2.